The number of amides is 1. The maximum absolute atomic E-state index is 12.8. The van der Waals surface area contributed by atoms with Crippen molar-refractivity contribution in [2.24, 2.45) is 0 Å². The number of aromatic nitrogens is 2. The van der Waals surface area contributed by atoms with Gasteiger partial charge in [-0.2, -0.15) is 8.78 Å². The van der Waals surface area contributed by atoms with Crippen LogP contribution in [0.4, 0.5) is 20.4 Å². The Morgan fingerprint density at radius 3 is 2.80 bits per heavy atom. The van der Waals surface area contributed by atoms with Gasteiger partial charge in [0, 0.05) is 30.8 Å². The Morgan fingerprint density at radius 2 is 2.13 bits per heavy atom. The van der Waals surface area contributed by atoms with Crippen molar-refractivity contribution in [2.75, 3.05) is 36.5 Å². The van der Waals surface area contributed by atoms with Crippen LogP contribution in [0.5, 0.6) is 0 Å². The minimum Gasteiger partial charge on any atom is -0.378 e. The molecule has 1 aromatic heterocycles. The lowest BCUT2D eigenvalue weighted by Gasteiger charge is -2.27. The molecule has 0 bridgehead atoms. The van der Waals surface area contributed by atoms with Crippen LogP contribution in [0.2, 0.25) is 5.02 Å². The lowest BCUT2D eigenvalue weighted by molar-refractivity contribution is -0.116. The Bertz CT molecular complexity index is 967. The number of H-pyrrole nitrogens is 1. The maximum atomic E-state index is 12.8. The molecule has 0 atom stereocenters. The van der Waals surface area contributed by atoms with Gasteiger partial charge in [0.1, 0.15) is 0 Å². The van der Waals surface area contributed by atoms with E-state index in [1.165, 1.54) is 12.1 Å². The zero-order chi connectivity index (χ0) is 21.7. The molecule has 11 heteroatoms. The van der Waals surface area contributed by atoms with Gasteiger partial charge in [-0.25, -0.2) is 4.98 Å². The van der Waals surface area contributed by atoms with E-state index < -0.39 is 11.7 Å². The molecule has 2 N–H and O–H groups in total. The number of carbonyl (C=O) groups is 1. The molecule has 0 spiro atoms. The van der Waals surface area contributed by atoms with E-state index in [0.717, 1.165) is 0 Å². The Balaban J connectivity index is 1.67. The normalized spacial score (nSPS) is 14.2. The zero-order valence-electron chi connectivity index (χ0n) is 16.2. The topological polar surface area (TPSA) is 87.3 Å². The molecule has 1 amide bonds. The van der Waals surface area contributed by atoms with Crippen molar-refractivity contribution in [3.05, 3.63) is 44.8 Å². The first-order valence-electron chi connectivity index (χ1n) is 9.31. The number of ether oxygens (including phenoxy) is 1. The number of alkyl halides is 2. The number of carbonyl (C=O) groups excluding carboxylic acids is 1. The monoisotopic (exact) mass is 458 g/mol. The highest BCUT2D eigenvalue weighted by Crippen LogP contribution is 2.37. The van der Waals surface area contributed by atoms with Crippen LogP contribution < -0.4 is 15.8 Å². The van der Waals surface area contributed by atoms with Crippen LogP contribution in [-0.2, 0) is 16.0 Å². The van der Waals surface area contributed by atoms with Crippen LogP contribution >= 0.6 is 23.4 Å². The molecular formula is C19H21ClF2N4O3S. The first-order chi connectivity index (χ1) is 14.3. The predicted octanol–water partition coefficient (Wildman–Crippen LogP) is 3.45. The van der Waals surface area contributed by atoms with Crippen LogP contribution in [0.1, 0.15) is 17.7 Å². The molecule has 2 aromatic rings. The first kappa shape index (κ1) is 22.5. The fraction of sp³-hybridized carbons (Fsp3) is 0.421. The fourth-order valence-corrected chi connectivity index (χ4v) is 4.00. The number of thioether (sulfide) groups is 1. The van der Waals surface area contributed by atoms with E-state index in [1.807, 2.05) is 4.90 Å². The summed E-state index contributed by atoms with van der Waals surface area (Å²) in [5.74, 6) is -2.59. The molecule has 1 aliphatic rings. The summed E-state index contributed by atoms with van der Waals surface area (Å²) in [6.07, 6.45) is 0.162. The van der Waals surface area contributed by atoms with E-state index >= 15 is 0 Å². The van der Waals surface area contributed by atoms with Gasteiger partial charge in [-0.1, -0.05) is 29.4 Å². The van der Waals surface area contributed by atoms with Crippen molar-refractivity contribution in [2.45, 2.75) is 30.4 Å². The summed E-state index contributed by atoms with van der Waals surface area (Å²) >= 11 is 6.25. The summed E-state index contributed by atoms with van der Waals surface area (Å²) in [6, 6.07) is 4.55. The van der Waals surface area contributed by atoms with Crippen LogP contribution in [0.15, 0.2) is 27.9 Å². The number of halogens is 3. The van der Waals surface area contributed by atoms with Gasteiger partial charge < -0.3 is 15.0 Å². The van der Waals surface area contributed by atoms with Gasteiger partial charge in [0.2, 0.25) is 11.9 Å². The second kappa shape index (κ2) is 10.2. The molecule has 0 unspecified atom stereocenters. The minimum atomic E-state index is -2.67. The van der Waals surface area contributed by atoms with Gasteiger partial charge in [0.05, 0.1) is 28.8 Å². The van der Waals surface area contributed by atoms with Gasteiger partial charge in [-0.15, -0.1) is 0 Å². The lowest BCUT2D eigenvalue weighted by atomic mass is 10.1. The lowest BCUT2D eigenvalue weighted by Crippen LogP contribution is -2.38. The molecule has 1 fully saturated rings. The van der Waals surface area contributed by atoms with E-state index in [4.69, 9.17) is 16.3 Å². The van der Waals surface area contributed by atoms with Crippen molar-refractivity contribution < 1.29 is 18.3 Å². The molecule has 162 valence electrons. The molecule has 7 nitrogen and oxygen atoms in total. The molecule has 1 aliphatic heterocycles. The van der Waals surface area contributed by atoms with E-state index in [9.17, 15) is 18.4 Å². The number of anilines is 2. The van der Waals surface area contributed by atoms with Crippen LogP contribution in [-0.4, -0.2) is 47.9 Å². The number of hydrogen-bond donors (Lipinski definition) is 2. The quantitative estimate of drug-likeness (QED) is 0.618. The number of nitrogens with one attached hydrogen (secondary N) is 2. The molecule has 0 radical (unpaired) electrons. The zero-order valence-corrected chi connectivity index (χ0v) is 17.8. The molecule has 1 aromatic carbocycles. The summed E-state index contributed by atoms with van der Waals surface area (Å²) in [5.41, 5.74) is 0.873. The number of rotatable bonds is 7. The van der Waals surface area contributed by atoms with Crippen LogP contribution in [0.25, 0.3) is 0 Å². The summed E-state index contributed by atoms with van der Waals surface area (Å²) in [7, 11) is 0. The molecular weight excluding hydrogens is 438 g/mol. The third kappa shape index (κ3) is 5.71. The number of hydrogen-bond acceptors (Lipinski definition) is 6. The largest absolute Gasteiger partial charge is 0.378 e. The smallest absolute Gasteiger partial charge is 0.289 e. The van der Waals surface area contributed by atoms with Gasteiger partial charge >= 0.3 is 0 Å². The number of nitrogens with zero attached hydrogens (tertiary/aromatic N) is 2. The summed E-state index contributed by atoms with van der Waals surface area (Å²) < 4.78 is 30.9. The highest BCUT2D eigenvalue weighted by Gasteiger charge is 2.18. The third-order valence-corrected chi connectivity index (χ3v) is 5.85. The molecule has 0 aliphatic carbocycles. The number of benzene rings is 1. The standard InChI is InChI=1S/C19H21ClF2N4O3S/c1-11-12(17(28)25-19(23-11)26-7-9-29-10-8-26)5-6-15(27)24-14-4-2-3-13(20)16(14)30-18(21)22/h2-4,18H,5-10H2,1H3,(H,24,27)(H,23,25,28). The van der Waals surface area contributed by atoms with Crippen molar-refractivity contribution >= 4 is 40.9 Å². The van der Waals surface area contributed by atoms with E-state index in [-0.39, 0.29) is 45.8 Å². The second-order valence-electron chi connectivity index (χ2n) is 6.60. The maximum Gasteiger partial charge on any atom is 0.289 e. The summed E-state index contributed by atoms with van der Waals surface area (Å²) in [6.45, 7) is 4.15. The average Bonchev–Trinajstić information content (AvgIpc) is 2.70. The average molecular weight is 459 g/mol. The number of aryl methyl sites for hydroxylation is 1. The van der Waals surface area contributed by atoms with Gasteiger partial charge in [-0.05, 0) is 25.5 Å². The van der Waals surface area contributed by atoms with Crippen molar-refractivity contribution in [1.82, 2.24) is 9.97 Å². The van der Waals surface area contributed by atoms with Gasteiger partial charge in [0.15, 0.2) is 0 Å². The van der Waals surface area contributed by atoms with E-state index in [1.54, 1.807) is 13.0 Å². The number of morpholine rings is 1. The van der Waals surface area contributed by atoms with E-state index in [0.29, 0.717) is 43.5 Å². The Labute approximate surface area is 181 Å². The van der Waals surface area contributed by atoms with Gasteiger partial charge in [0.25, 0.3) is 11.3 Å². The molecule has 30 heavy (non-hydrogen) atoms. The Morgan fingerprint density at radius 1 is 1.40 bits per heavy atom. The third-order valence-electron chi connectivity index (χ3n) is 4.57. The van der Waals surface area contributed by atoms with Crippen molar-refractivity contribution in [3.63, 3.8) is 0 Å². The molecule has 2 heterocycles. The summed E-state index contributed by atoms with van der Waals surface area (Å²) in [4.78, 5) is 34.1. The highest BCUT2D eigenvalue weighted by atomic mass is 35.5. The molecule has 0 saturated carbocycles. The first-order valence-corrected chi connectivity index (χ1v) is 10.6. The molecule has 3 rings (SSSR count). The number of aromatic amines is 1. The second-order valence-corrected chi connectivity index (χ2v) is 8.00. The van der Waals surface area contributed by atoms with Crippen LogP contribution in [0, 0.1) is 6.92 Å². The van der Waals surface area contributed by atoms with Crippen LogP contribution in [0.3, 0.4) is 0 Å². The van der Waals surface area contributed by atoms with Crippen molar-refractivity contribution in [3.8, 4) is 0 Å². The SMILES string of the molecule is Cc1nc(N2CCOCC2)[nH]c(=O)c1CCC(=O)Nc1cccc(Cl)c1SC(F)F. The Kier molecular flexibility index (Phi) is 7.68. The minimum absolute atomic E-state index is 0.00615. The van der Waals surface area contributed by atoms with Gasteiger partial charge in [-0.3, -0.25) is 14.6 Å². The predicted molar refractivity (Wildman–Crippen MR) is 113 cm³/mol. The molecule has 1 saturated heterocycles. The van der Waals surface area contributed by atoms with Crippen molar-refractivity contribution in [1.29, 1.82) is 0 Å². The fourth-order valence-electron chi connectivity index (χ4n) is 3.08. The highest BCUT2D eigenvalue weighted by molar-refractivity contribution is 7.99. The van der Waals surface area contributed by atoms with E-state index in [2.05, 4.69) is 15.3 Å². The summed E-state index contributed by atoms with van der Waals surface area (Å²) in [5, 5.41) is 2.73. The Hall–Kier alpha value is -2.17.